The molecule has 1 N–H and O–H groups in total. The fourth-order valence-corrected chi connectivity index (χ4v) is 3.20. The fourth-order valence-electron chi connectivity index (χ4n) is 2.20. The highest BCUT2D eigenvalue weighted by Gasteiger charge is 2.13. The van der Waals surface area contributed by atoms with E-state index in [9.17, 15) is 9.59 Å². The van der Waals surface area contributed by atoms with Gasteiger partial charge in [0.2, 0.25) is 0 Å². The van der Waals surface area contributed by atoms with E-state index in [1.807, 2.05) is 29.6 Å². The lowest BCUT2D eigenvalue weighted by Crippen LogP contribution is -2.20. The van der Waals surface area contributed by atoms with Crippen LogP contribution in [-0.4, -0.2) is 30.6 Å². The van der Waals surface area contributed by atoms with Crippen LogP contribution in [-0.2, 0) is 9.53 Å². The molecule has 27 heavy (non-hydrogen) atoms. The number of anilines is 1. The fraction of sp³-hybridized carbons (Fsp3) is 0.105. The number of halogens is 1. The molecule has 6 nitrogen and oxygen atoms in total. The monoisotopic (exact) mass is 446 g/mol. The van der Waals surface area contributed by atoms with Crippen LogP contribution < -0.4 is 10.1 Å². The van der Waals surface area contributed by atoms with Crippen LogP contribution in [0.1, 0.15) is 10.4 Å². The highest BCUT2D eigenvalue weighted by Crippen LogP contribution is 2.26. The van der Waals surface area contributed by atoms with Gasteiger partial charge >= 0.3 is 5.97 Å². The van der Waals surface area contributed by atoms with Gasteiger partial charge in [-0.05, 0) is 30.3 Å². The first-order valence-corrected chi connectivity index (χ1v) is 9.55. The van der Waals surface area contributed by atoms with Crippen molar-refractivity contribution in [2.75, 3.05) is 19.0 Å². The lowest BCUT2D eigenvalue weighted by atomic mass is 10.2. The number of benzene rings is 2. The zero-order chi connectivity index (χ0) is 19.2. The summed E-state index contributed by atoms with van der Waals surface area (Å²) in [5, 5.41) is 4.92. The van der Waals surface area contributed by atoms with E-state index < -0.39 is 18.5 Å². The molecule has 0 aliphatic heterocycles. The average Bonchev–Trinajstić information content (AvgIpc) is 3.15. The number of hydrogen-bond donors (Lipinski definition) is 1. The second-order valence-electron chi connectivity index (χ2n) is 5.40. The van der Waals surface area contributed by atoms with Crippen molar-refractivity contribution < 1.29 is 19.1 Å². The molecule has 1 heterocycles. The molecule has 1 amide bonds. The van der Waals surface area contributed by atoms with Gasteiger partial charge in [0.25, 0.3) is 5.91 Å². The Labute approximate surface area is 168 Å². The highest BCUT2D eigenvalue weighted by molar-refractivity contribution is 9.10. The maximum absolute atomic E-state index is 12.0. The van der Waals surface area contributed by atoms with Crippen molar-refractivity contribution in [2.45, 2.75) is 0 Å². The quantitative estimate of drug-likeness (QED) is 0.568. The average molecular weight is 447 g/mol. The zero-order valence-electron chi connectivity index (χ0n) is 14.3. The van der Waals surface area contributed by atoms with Crippen molar-refractivity contribution in [3.8, 4) is 17.0 Å². The summed E-state index contributed by atoms with van der Waals surface area (Å²) in [7, 11) is 1.51. The minimum Gasteiger partial charge on any atom is -0.497 e. The molecule has 0 atom stereocenters. The van der Waals surface area contributed by atoms with E-state index >= 15 is 0 Å². The molecular weight excluding hydrogens is 432 g/mol. The molecule has 2 aromatic carbocycles. The molecule has 0 saturated heterocycles. The van der Waals surface area contributed by atoms with Crippen molar-refractivity contribution in [1.82, 2.24) is 4.98 Å². The number of esters is 1. The Morgan fingerprint density at radius 3 is 2.70 bits per heavy atom. The molecule has 0 aliphatic rings. The largest absolute Gasteiger partial charge is 0.497 e. The molecule has 0 unspecified atom stereocenters. The standard InChI is InChI=1S/C19H15BrN2O4S/c1-25-15-4-2-3-13(9-15)18(24)26-10-17(23)22-19-21-16(11-27-19)12-5-7-14(20)8-6-12/h2-9,11H,10H2,1H3,(H,21,22,23). The second kappa shape index (κ2) is 8.79. The number of thiazole rings is 1. The lowest BCUT2D eigenvalue weighted by molar-refractivity contribution is -0.119. The van der Waals surface area contributed by atoms with Gasteiger partial charge in [0.15, 0.2) is 11.7 Å². The van der Waals surface area contributed by atoms with Crippen LogP contribution >= 0.6 is 27.3 Å². The first kappa shape index (κ1) is 19.1. The SMILES string of the molecule is COc1cccc(C(=O)OCC(=O)Nc2nc(-c3ccc(Br)cc3)cs2)c1. The van der Waals surface area contributed by atoms with Crippen molar-refractivity contribution in [1.29, 1.82) is 0 Å². The highest BCUT2D eigenvalue weighted by atomic mass is 79.9. The Hall–Kier alpha value is -2.71. The minimum absolute atomic E-state index is 0.314. The number of carbonyl (C=O) groups excluding carboxylic acids is 2. The molecule has 1 aromatic heterocycles. The van der Waals surface area contributed by atoms with Crippen molar-refractivity contribution in [3.05, 3.63) is 63.9 Å². The Morgan fingerprint density at radius 2 is 1.96 bits per heavy atom. The van der Waals surface area contributed by atoms with Crippen LogP contribution in [0.25, 0.3) is 11.3 Å². The van der Waals surface area contributed by atoms with Gasteiger partial charge in [0, 0.05) is 15.4 Å². The number of methoxy groups -OCH3 is 1. The zero-order valence-corrected chi connectivity index (χ0v) is 16.7. The third-order valence-corrected chi connectivity index (χ3v) is 4.82. The Morgan fingerprint density at radius 1 is 1.19 bits per heavy atom. The van der Waals surface area contributed by atoms with Gasteiger partial charge in [-0.25, -0.2) is 9.78 Å². The van der Waals surface area contributed by atoms with Crippen LogP contribution in [0.2, 0.25) is 0 Å². The first-order valence-electron chi connectivity index (χ1n) is 7.87. The number of amides is 1. The summed E-state index contributed by atoms with van der Waals surface area (Å²) in [6, 6.07) is 14.2. The van der Waals surface area contributed by atoms with E-state index in [0.717, 1.165) is 15.7 Å². The molecule has 3 aromatic rings. The van der Waals surface area contributed by atoms with Crippen LogP contribution in [0, 0.1) is 0 Å². The summed E-state index contributed by atoms with van der Waals surface area (Å²) >= 11 is 4.69. The number of aromatic nitrogens is 1. The van der Waals surface area contributed by atoms with Gasteiger partial charge in [-0.1, -0.05) is 34.1 Å². The van der Waals surface area contributed by atoms with Crippen molar-refractivity contribution >= 4 is 44.3 Å². The number of hydrogen-bond acceptors (Lipinski definition) is 6. The number of rotatable bonds is 6. The normalized spacial score (nSPS) is 10.3. The Bertz CT molecular complexity index is 956. The van der Waals surface area contributed by atoms with Crippen LogP contribution in [0.3, 0.4) is 0 Å². The first-order chi connectivity index (χ1) is 13.0. The predicted molar refractivity (Wildman–Crippen MR) is 107 cm³/mol. The molecule has 0 radical (unpaired) electrons. The Balaban J connectivity index is 1.55. The third-order valence-electron chi connectivity index (χ3n) is 3.53. The van der Waals surface area contributed by atoms with Crippen molar-refractivity contribution in [3.63, 3.8) is 0 Å². The molecular formula is C19H15BrN2O4S. The van der Waals surface area contributed by atoms with E-state index in [2.05, 4.69) is 26.2 Å². The number of ether oxygens (including phenoxy) is 2. The van der Waals surface area contributed by atoms with Crippen LogP contribution in [0.4, 0.5) is 5.13 Å². The summed E-state index contributed by atoms with van der Waals surface area (Å²) in [6.45, 7) is -0.400. The molecule has 0 aliphatic carbocycles. The summed E-state index contributed by atoms with van der Waals surface area (Å²) < 4.78 is 11.1. The van der Waals surface area contributed by atoms with Gasteiger partial charge in [-0.15, -0.1) is 11.3 Å². The molecule has 0 bridgehead atoms. The predicted octanol–water partition coefficient (Wildman–Crippen LogP) is 4.38. The van der Waals surface area contributed by atoms with Gasteiger partial charge in [-0.3, -0.25) is 10.1 Å². The Kier molecular flexibility index (Phi) is 6.20. The topological polar surface area (TPSA) is 77.5 Å². The van der Waals surface area contributed by atoms with E-state index in [4.69, 9.17) is 9.47 Å². The summed E-state index contributed by atoms with van der Waals surface area (Å²) in [6.07, 6.45) is 0. The summed E-state index contributed by atoms with van der Waals surface area (Å²) in [5.74, 6) is -0.515. The van der Waals surface area contributed by atoms with Gasteiger partial charge in [0.05, 0.1) is 18.4 Å². The molecule has 0 fully saturated rings. The van der Waals surface area contributed by atoms with Crippen molar-refractivity contribution in [2.24, 2.45) is 0 Å². The van der Waals surface area contributed by atoms with E-state index in [1.165, 1.54) is 18.4 Å². The van der Waals surface area contributed by atoms with Gasteiger partial charge < -0.3 is 9.47 Å². The number of nitrogens with one attached hydrogen (secondary N) is 1. The number of carbonyl (C=O) groups is 2. The summed E-state index contributed by atoms with van der Waals surface area (Å²) in [5.41, 5.74) is 2.02. The minimum atomic E-state index is -0.598. The van der Waals surface area contributed by atoms with Gasteiger partial charge in [-0.2, -0.15) is 0 Å². The molecule has 8 heteroatoms. The summed E-state index contributed by atoms with van der Waals surface area (Å²) in [4.78, 5) is 28.4. The van der Waals surface area contributed by atoms with E-state index in [0.29, 0.717) is 16.4 Å². The maximum Gasteiger partial charge on any atom is 0.338 e. The van der Waals surface area contributed by atoms with E-state index in [-0.39, 0.29) is 0 Å². The lowest BCUT2D eigenvalue weighted by Gasteiger charge is -2.06. The smallest absolute Gasteiger partial charge is 0.338 e. The van der Waals surface area contributed by atoms with Crippen LogP contribution in [0.15, 0.2) is 58.4 Å². The van der Waals surface area contributed by atoms with Gasteiger partial charge in [0.1, 0.15) is 5.75 Å². The number of nitrogens with zero attached hydrogens (tertiary/aromatic N) is 1. The van der Waals surface area contributed by atoms with Crippen LogP contribution in [0.5, 0.6) is 5.75 Å². The van der Waals surface area contributed by atoms with E-state index in [1.54, 1.807) is 24.3 Å². The second-order valence-corrected chi connectivity index (χ2v) is 7.17. The molecule has 0 saturated carbocycles. The molecule has 3 rings (SSSR count). The molecule has 138 valence electrons. The maximum atomic E-state index is 12.0. The third kappa shape index (κ3) is 5.15. The molecule has 0 spiro atoms.